The summed E-state index contributed by atoms with van der Waals surface area (Å²) in [4.78, 5) is 2.62. The molecule has 0 aromatic rings. The van der Waals surface area contributed by atoms with E-state index in [-0.39, 0.29) is 0 Å². The minimum Gasteiger partial charge on any atom is -0.315 e. The Morgan fingerprint density at radius 3 is 2.47 bits per heavy atom. The highest BCUT2D eigenvalue weighted by Gasteiger charge is 2.17. The molecule has 0 aromatic heterocycles. The van der Waals surface area contributed by atoms with Gasteiger partial charge in [-0.15, -0.1) is 0 Å². The highest BCUT2D eigenvalue weighted by atomic mass is 15.1. The normalized spacial score (nSPS) is 25.4. The minimum absolute atomic E-state index is 0.962. The first-order chi connectivity index (χ1) is 7.34. The van der Waals surface area contributed by atoms with Crippen LogP contribution in [-0.4, -0.2) is 37.6 Å². The number of hydrogen-bond acceptors (Lipinski definition) is 2. The Hall–Kier alpha value is -0.0800. The number of hydrogen-bond donors (Lipinski definition) is 1. The molecular weight excluding hydrogens is 184 g/mol. The molecule has 0 amide bonds. The summed E-state index contributed by atoms with van der Waals surface area (Å²) in [7, 11) is 0. The Balaban J connectivity index is 1.46. The average molecular weight is 210 g/mol. The summed E-state index contributed by atoms with van der Waals surface area (Å²) in [6.07, 6.45) is 7.21. The van der Waals surface area contributed by atoms with Crippen molar-refractivity contribution in [1.82, 2.24) is 10.2 Å². The van der Waals surface area contributed by atoms with Crippen molar-refractivity contribution in [2.75, 3.05) is 32.7 Å². The fourth-order valence-corrected chi connectivity index (χ4v) is 2.53. The van der Waals surface area contributed by atoms with Gasteiger partial charge in [0, 0.05) is 13.1 Å². The van der Waals surface area contributed by atoms with E-state index in [0.29, 0.717) is 0 Å². The predicted octanol–water partition coefficient (Wildman–Crippen LogP) is 2.11. The molecule has 0 bridgehead atoms. The zero-order chi connectivity index (χ0) is 10.5. The second-order valence-corrected chi connectivity index (χ2v) is 5.53. The van der Waals surface area contributed by atoms with E-state index < -0.39 is 0 Å². The van der Waals surface area contributed by atoms with E-state index in [1.807, 2.05) is 0 Å². The first-order valence-corrected chi connectivity index (χ1v) is 6.77. The molecule has 2 aliphatic rings. The third kappa shape index (κ3) is 3.76. The maximum atomic E-state index is 3.60. The summed E-state index contributed by atoms with van der Waals surface area (Å²) in [6.45, 7) is 8.76. The van der Waals surface area contributed by atoms with Crippen LogP contribution in [0.2, 0.25) is 0 Å². The van der Waals surface area contributed by atoms with Crippen LogP contribution in [0, 0.1) is 11.8 Å². The molecule has 2 nitrogen and oxygen atoms in total. The topological polar surface area (TPSA) is 15.3 Å². The number of nitrogens with one attached hydrogen (secondary N) is 1. The molecule has 1 heterocycles. The second kappa shape index (κ2) is 5.86. The summed E-state index contributed by atoms with van der Waals surface area (Å²) in [5.74, 6) is 1.97. The Morgan fingerprint density at radius 2 is 1.87 bits per heavy atom. The molecule has 1 N–H and O–H groups in total. The Bertz CT molecular complexity index is 169. The molecule has 1 aliphatic carbocycles. The van der Waals surface area contributed by atoms with Crippen molar-refractivity contribution >= 4 is 0 Å². The lowest BCUT2D eigenvalue weighted by molar-refractivity contribution is 0.190. The van der Waals surface area contributed by atoms with Crippen LogP contribution in [-0.2, 0) is 0 Å². The smallest absolute Gasteiger partial charge is 0.0107 e. The summed E-state index contributed by atoms with van der Waals surface area (Å²) in [5, 5.41) is 3.60. The lowest BCUT2D eigenvalue weighted by Gasteiger charge is -2.31. The van der Waals surface area contributed by atoms with Gasteiger partial charge in [0.15, 0.2) is 0 Å². The van der Waals surface area contributed by atoms with Crippen molar-refractivity contribution in [2.24, 2.45) is 11.8 Å². The molecule has 88 valence electrons. The van der Waals surface area contributed by atoms with Gasteiger partial charge in [-0.05, 0) is 57.2 Å². The zero-order valence-electron chi connectivity index (χ0n) is 10.2. The minimum atomic E-state index is 0.962. The van der Waals surface area contributed by atoms with Crippen LogP contribution < -0.4 is 5.32 Å². The van der Waals surface area contributed by atoms with Gasteiger partial charge in [-0.25, -0.2) is 0 Å². The van der Waals surface area contributed by atoms with Crippen molar-refractivity contribution in [3.8, 4) is 0 Å². The molecule has 0 spiro atoms. The van der Waals surface area contributed by atoms with Gasteiger partial charge in [-0.3, -0.25) is 0 Å². The third-order valence-corrected chi connectivity index (χ3v) is 4.14. The van der Waals surface area contributed by atoms with Crippen LogP contribution >= 0.6 is 0 Å². The van der Waals surface area contributed by atoms with Crippen LogP contribution in [0.1, 0.15) is 39.0 Å². The van der Waals surface area contributed by atoms with E-state index in [4.69, 9.17) is 0 Å². The molecule has 2 fully saturated rings. The molecule has 0 unspecified atom stereocenters. The van der Waals surface area contributed by atoms with E-state index in [2.05, 4.69) is 17.1 Å². The van der Waals surface area contributed by atoms with E-state index in [9.17, 15) is 0 Å². The maximum absolute atomic E-state index is 3.60. The molecule has 15 heavy (non-hydrogen) atoms. The first-order valence-electron chi connectivity index (χ1n) is 6.77. The molecule has 1 saturated carbocycles. The van der Waals surface area contributed by atoms with Gasteiger partial charge in [0.05, 0.1) is 0 Å². The van der Waals surface area contributed by atoms with Crippen molar-refractivity contribution in [3.63, 3.8) is 0 Å². The second-order valence-electron chi connectivity index (χ2n) is 5.53. The monoisotopic (exact) mass is 210 g/mol. The number of likely N-dealkylation sites (tertiary alicyclic amines) is 1. The summed E-state index contributed by atoms with van der Waals surface area (Å²) >= 11 is 0. The Labute approximate surface area is 94.4 Å². The van der Waals surface area contributed by atoms with Gasteiger partial charge in [0.1, 0.15) is 0 Å². The fourth-order valence-electron chi connectivity index (χ4n) is 2.53. The predicted molar refractivity (Wildman–Crippen MR) is 65.0 cm³/mol. The van der Waals surface area contributed by atoms with Crippen LogP contribution in [0.4, 0.5) is 0 Å². The highest BCUT2D eigenvalue weighted by Crippen LogP contribution is 2.25. The SMILES string of the molecule is CC1CCN(CCNCC2CCC2)CC1. The molecular formula is C13H26N2. The van der Waals surface area contributed by atoms with Crippen molar-refractivity contribution < 1.29 is 0 Å². The van der Waals surface area contributed by atoms with Gasteiger partial charge >= 0.3 is 0 Å². The molecule has 2 rings (SSSR count). The van der Waals surface area contributed by atoms with Crippen LogP contribution in [0.25, 0.3) is 0 Å². The molecule has 0 radical (unpaired) electrons. The van der Waals surface area contributed by atoms with Crippen molar-refractivity contribution in [2.45, 2.75) is 39.0 Å². The van der Waals surface area contributed by atoms with Gasteiger partial charge in [-0.1, -0.05) is 13.3 Å². The van der Waals surface area contributed by atoms with Gasteiger partial charge in [-0.2, -0.15) is 0 Å². The van der Waals surface area contributed by atoms with Crippen molar-refractivity contribution in [3.05, 3.63) is 0 Å². The van der Waals surface area contributed by atoms with Gasteiger partial charge in [0.25, 0.3) is 0 Å². The lowest BCUT2D eigenvalue weighted by Crippen LogP contribution is -2.39. The Kier molecular flexibility index (Phi) is 4.45. The largest absolute Gasteiger partial charge is 0.315 e. The average Bonchev–Trinajstić information content (AvgIpc) is 2.18. The first kappa shape index (κ1) is 11.4. The highest BCUT2D eigenvalue weighted by molar-refractivity contribution is 4.73. The molecule has 0 aromatic carbocycles. The van der Waals surface area contributed by atoms with E-state index in [1.165, 1.54) is 64.8 Å². The fraction of sp³-hybridized carbons (Fsp3) is 1.00. The lowest BCUT2D eigenvalue weighted by atomic mass is 9.85. The number of nitrogens with zero attached hydrogens (tertiary/aromatic N) is 1. The molecule has 0 atom stereocenters. The molecule has 1 saturated heterocycles. The number of piperidine rings is 1. The third-order valence-electron chi connectivity index (χ3n) is 4.14. The van der Waals surface area contributed by atoms with Crippen LogP contribution in [0.5, 0.6) is 0 Å². The van der Waals surface area contributed by atoms with E-state index >= 15 is 0 Å². The summed E-state index contributed by atoms with van der Waals surface area (Å²) < 4.78 is 0. The Morgan fingerprint density at radius 1 is 1.13 bits per heavy atom. The van der Waals surface area contributed by atoms with Crippen LogP contribution in [0.3, 0.4) is 0 Å². The van der Waals surface area contributed by atoms with E-state index in [1.54, 1.807) is 0 Å². The van der Waals surface area contributed by atoms with Gasteiger partial charge in [0.2, 0.25) is 0 Å². The zero-order valence-corrected chi connectivity index (χ0v) is 10.2. The standard InChI is InChI=1S/C13H26N2/c1-12-5-8-15(9-6-12)10-7-14-11-13-3-2-4-13/h12-14H,2-11H2,1H3. The molecule has 1 aliphatic heterocycles. The van der Waals surface area contributed by atoms with E-state index in [0.717, 1.165) is 11.8 Å². The maximum Gasteiger partial charge on any atom is 0.0107 e. The quantitative estimate of drug-likeness (QED) is 0.699. The van der Waals surface area contributed by atoms with Gasteiger partial charge < -0.3 is 10.2 Å². The molecule has 2 heteroatoms. The van der Waals surface area contributed by atoms with Crippen molar-refractivity contribution in [1.29, 1.82) is 0 Å². The number of rotatable bonds is 5. The summed E-state index contributed by atoms with van der Waals surface area (Å²) in [6, 6.07) is 0. The van der Waals surface area contributed by atoms with Crippen LogP contribution in [0.15, 0.2) is 0 Å². The summed E-state index contributed by atoms with van der Waals surface area (Å²) in [5.41, 5.74) is 0.